The molecule has 0 atom stereocenters. The summed E-state index contributed by atoms with van der Waals surface area (Å²) in [5.41, 5.74) is 0.914. The van der Waals surface area contributed by atoms with Crippen molar-refractivity contribution in [2.75, 3.05) is 18.5 Å². The fourth-order valence-electron chi connectivity index (χ4n) is 2.15. The minimum atomic E-state index is -0.816. The average molecular weight is 274 g/mol. The minimum absolute atomic E-state index is 0.00439. The van der Waals surface area contributed by atoms with Crippen molar-refractivity contribution in [2.24, 2.45) is 0 Å². The van der Waals surface area contributed by atoms with Crippen LogP contribution in [0.4, 0.5) is 5.69 Å². The van der Waals surface area contributed by atoms with E-state index in [0.29, 0.717) is 18.5 Å². The molecule has 2 rings (SSSR count). The molecule has 0 saturated heterocycles. The number of nitrogens with zero attached hydrogens (tertiary/aromatic N) is 2. The highest BCUT2D eigenvalue weighted by Gasteiger charge is 2.07. The average Bonchev–Trinajstić information content (AvgIpc) is 2.44. The third kappa shape index (κ3) is 2.82. The van der Waals surface area contributed by atoms with E-state index in [2.05, 4.69) is 0 Å². The Morgan fingerprint density at radius 1 is 1.35 bits per heavy atom. The van der Waals surface area contributed by atoms with Gasteiger partial charge in [-0.2, -0.15) is 0 Å². The molecule has 1 aromatic heterocycles. The Morgan fingerprint density at radius 3 is 2.75 bits per heavy atom. The van der Waals surface area contributed by atoms with Crippen LogP contribution >= 0.6 is 0 Å². The van der Waals surface area contributed by atoms with Crippen molar-refractivity contribution in [1.29, 1.82) is 0 Å². The Bertz CT molecular complexity index is 691. The predicted molar refractivity (Wildman–Crippen MR) is 79.4 cm³/mol. The molecule has 0 radical (unpaired) electrons. The minimum Gasteiger partial charge on any atom is -0.481 e. The molecular weight excluding hydrogens is 256 g/mol. The topological polar surface area (TPSA) is 62.5 Å². The molecule has 0 aliphatic rings. The van der Waals surface area contributed by atoms with Gasteiger partial charge in [0.1, 0.15) is 0 Å². The zero-order valence-electron chi connectivity index (χ0n) is 11.7. The Balaban J connectivity index is 2.35. The largest absolute Gasteiger partial charge is 0.481 e. The monoisotopic (exact) mass is 274 g/mol. The zero-order chi connectivity index (χ0) is 14.7. The number of hydrogen-bond acceptors (Lipinski definition) is 3. The van der Waals surface area contributed by atoms with Crippen molar-refractivity contribution in [1.82, 2.24) is 4.57 Å². The fraction of sp³-hybridized carbons (Fsp3) is 0.333. The molecule has 2 aromatic rings. The van der Waals surface area contributed by atoms with Gasteiger partial charge in [-0.25, -0.2) is 0 Å². The van der Waals surface area contributed by atoms with Crippen LogP contribution < -0.4 is 10.5 Å². The molecular formula is C15H18N2O3. The second kappa shape index (κ2) is 5.77. The number of hydrogen-bond donors (Lipinski definition) is 1. The highest BCUT2D eigenvalue weighted by atomic mass is 16.4. The Labute approximate surface area is 117 Å². The lowest BCUT2D eigenvalue weighted by Crippen LogP contribution is -2.21. The molecule has 0 bridgehead atoms. The molecule has 0 unspecified atom stereocenters. The highest BCUT2D eigenvalue weighted by molar-refractivity contribution is 5.85. The van der Waals surface area contributed by atoms with Crippen LogP contribution in [0.25, 0.3) is 10.8 Å². The molecule has 0 fully saturated rings. The van der Waals surface area contributed by atoms with Gasteiger partial charge in [0.2, 0.25) is 0 Å². The Hall–Kier alpha value is -2.30. The standard InChI is InChI=1S/C15H18N2O3/c1-3-17-9-6-11-10-12(4-5-13(11)15(17)20)16(2)8-7-14(18)19/h4-6,9-10H,3,7-8H2,1-2H3,(H,18,19). The van der Waals surface area contributed by atoms with Gasteiger partial charge in [-0.05, 0) is 36.6 Å². The van der Waals surface area contributed by atoms with E-state index >= 15 is 0 Å². The number of carboxylic acids is 1. The summed E-state index contributed by atoms with van der Waals surface area (Å²) in [4.78, 5) is 24.6. The van der Waals surface area contributed by atoms with Crippen LogP contribution in [0.2, 0.25) is 0 Å². The number of aromatic nitrogens is 1. The maximum Gasteiger partial charge on any atom is 0.305 e. The van der Waals surface area contributed by atoms with E-state index < -0.39 is 5.97 Å². The van der Waals surface area contributed by atoms with Gasteiger partial charge in [-0.3, -0.25) is 9.59 Å². The van der Waals surface area contributed by atoms with Gasteiger partial charge in [0.25, 0.3) is 5.56 Å². The summed E-state index contributed by atoms with van der Waals surface area (Å²) >= 11 is 0. The highest BCUT2D eigenvalue weighted by Crippen LogP contribution is 2.19. The van der Waals surface area contributed by atoms with Crippen LogP contribution in [-0.2, 0) is 11.3 Å². The van der Waals surface area contributed by atoms with Gasteiger partial charge >= 0.3 is 5.97 Å². The van der Waals surface area contributed by atoms with E-state index in [-0.39, 0.29) is 12.0 Å². The number of rotatable bonds is 5. The van der Waals surface area contributed by atoms with E-state index in [1.54, 1.807) is 16.8 Å². The van der Waals surface area contributed by atoms with Gasteiger partial charge in [-0.15, -0.1) is 0 Å². The van der Waals surface area contributed by atoms with Gasteiger partial charge in [-0.1, -0.05) is 0 Å². The van der Waals surface area contributed by atoms with Crippen molar-refractivity contribution >= 4 is 22.4 Å². The molecule has 106 valence electrons. The molecule has 1 N–H and O–H groups in total. The molecule has 1 heterocycles. The number of benzene rings is 1. The number of anilines is 1. The smallest absolute Gasteiger partial charge is 0.305 e. The fourth-order valence-corrected chi connectivity index (χ4v) is 2.15. The maximum atomic E-state index is 12.1. The van der Waals surface area contributed by atoms with E-state index in [1.165, 1.54) is 0 Å². The second-order valence-corrected chi connectivity index (χ2v) is 4.74. The molecule has 5 nitrogen and oxygen atoms in total. The summed E-state index contributed by atoms with van der Waals surface area (Å²) in [5, 5.41) is 10.3. The quantitative estimate of drug-likeness (QED) is 0.905. The summed E-state index contributed by atoms with van der Waals surface area (Å²) < 4.78 is 1.66. The van der Waals surface area contributed by atoms with Gasteiger partial charge in [0, 0.05) is 37.4 Å². The third-order valence-corrected chi connectivity index (χ3v) is 3.40. The van der Waals surface area contributed by atoms with Gasteiger partial charge < -0.3 is 14.6 Å². The van der Waals surface area contributed by atoms with Crippen molar-refractivity contribution in [3.63, 3.8) is 0 Å². The van der Waals surface area contributed by atoms with Crippen LogP contribution in [0, 0.1) is 0 Å². The van der Waals surface area contributed by atoms with E-state index in [1.807, 2.05) is 37.1 Å². The number of carboxylic acid groups (broad SMARTS) is 1. The predicted octanol–water partition coefficient (Wildman–Crippen LogP) is 1.93. The Morgan fingerprint density at radius 2 is 2.10 bits per heavy atom. The molecule has 5 heteroatoms. The molecule has 1 aromatic carbocycles. The summed E-state index contributed by atoms with van der Waals surface area (Å²) in [6.45, 7) is 3.02. The molecule has 0 saturated carbocycles. The van der Waals surface area contributed by atoms with Crippen LogP contribution in [0.3, 0.4) is 0 Å². The third-order valence-electron chi connectivity index (χ3n) is 3.40. The lowest BCUT2D eigenvalue weighted by molar-refractivity contribution is -0.136. The van der Waals surface area contributed by atoms with Crippen molar-refractivity contribution in [3.05, 3.63) is 40.8 Å². The van der Waals surface area contributed by atoms with Gasteiger partial charge in [0.15, 0.2) is 0 Å². The van der Waals surface area contributed by atoms with Crippen LogP contribution in [0.5, 0.6) is 0 Å². The lowest BCUT2D eigenvalue weighted by atomic mass is 10.1. The summed E-state index contributed by atoms with van der Waals surface area (Å²) in [5.74, 6) is -0.816. The van der Waals surface area contributed by atoms with Gasteiger partial charge in [0.05, 0.1) is 6.42 Å². The second-order valence-electron chi connectivity index (χ2n) is 4.74. The molecule has 20 heavy (non-hydrogen) atoms. The number of aliphatic carboxylic acids is 1. The molecule has 0 aliphatic heterocycles. The van der Waals surface area contributed by atoms with E-state index in [4.69, 9.17) is 5.11 Å². The first-order chi connectivity index (χ1) is 9.52. The van der Waals surface area contributed by atoms with Crippen LogP contribution in [0.1, 0.15) is 13.3 Å². The zero-order valence-corrected chi connectivity index (χ0v) is 11.7. The van der Waals surface area contributed by atoms with E-state index in [0.717, 1.165) is 11.1 Å². The maximum absolute atomic E-state index is 12.1. The first-order valence-corrected chi connectivity index (χ1v) is 6.59. The van der Waals surface area contributed by atoms with Crippen molar-refractivity contribution < 1.29 is 9.90 Å². The van der Waals surface area contributed by atoms with Crippen molar-refractivity contribution in [2.45, 2.75) is 19.9 Å². The van der Waals surface area contributed by atoms with Crippen LogP contribution in [0.15, 0.2) is 35.3 Å². The summed E-state index contributed by atoms with van der Waals surface area (Å²) in [6, 6.07) is 7.48. The number of pyridine rings is 1. The molecule has 0 spiro atoms. The Kier molecular flexibility index (Phi) is 4.08. The normalized spacial score (nSPS) is 10.7. The number of carbonyl (C=O) groups is 1. The lowest BCUT2D eigenvalue weighted by Gasteiger charge is -2.18. The summed E-state index contributed by atoms with van der Waals surface area (Å²) in [6.07, 6.45) is 1.87. The molecule has 0 aliphatic carbocycles. The SMILES string of the molecule is CCn1ccc2cc(N(C)CCC(=O)O)ccc2c1=O. The number of aryl methyl sites for hydroxylation is 1. The number of fused-ring (bicyclic) bond motifs is 1. The summed E-state index contributed by atoms with van der Waals surface area (Å²) in [7, 11) is 1.84. The van der Waals surface area contributed by atoms with Crippen LogP contribution in [-0.4, -0.2) is 29.2 Å². The molecule has 0 amide bonds. The van der Waals surface area contributed by atoms with Crippen molar-refractivity contribution in [3.8, 4) is 0 Å². The first-order valence-electron chi connectivity index (χ1n) is 6.59. The van der Waals surface area contributed by atoms with E-state index in [9.17, 15) is 9.59 Å². The first kappa shape index (κ1) is 14.1.